The molecule has 4 nitrogen and oxygen atoms in total. The van der Waals surface area contributed by atoms with Gasteiger partial charge in [-0.15, -0.1) is 0 Å². The Balaban J connectivity index is 1.21. The SMILES string of the molecule is [2H]c1c([2H])c([2H])c2c(c1[2H])c1c([2H])c([2H])c([2H])c([2H])c1n2-c1cc2c3c(c1)N(c1c(-c4ccccc4)cc(C(C)(C)C)cc1-c1cc(C(C)(C)C)nc(C(C)(C)C)c1)c1cc(-c4cc(C(C)(C)C)cc(C(C)(C)C)c4)ccc1B3c1ccc(-c3cc(C(C)(C)C)cc(C(C)(C)C)c3)cc1N2c1c(-c2ccccc2)cc(C(C)(C)C)cc1-c1ccccc1. The molecule has 2 aliphatic heterocycles. The van der Waals surface area contributed by atoms with Gasteiger partial charge in [0.15, 0.2) is 0 Å². The lowest BCUT2D eigenvalue weighted by atomic mass is 9.33. The fourth-order valence-corrected chi connectivity index (χ4v) is 16.7. The Kier molecular flexibility index (Phi) is 16.3. The Bertz CT molecular complexity index is 6390. The lowest BCUT2D eigenvalue weighted by molar-refractivity contribution is 0.531. The number of rotatable bonds is 9. The first kappa shape index (κ1) is 67.7. The van der Waals surface area contributed by atoms with Gasteiger partial charge in [0.2, 0.25) is 0 Å². The molecule has 0 fully saturated rings. The van der Waals surface area contributed by atoms with Crippen molar-refractivity contribution >= 4 is 79.0 Å². The van der Waals surface area contributed by atoms with Gasteiger partial charge in [-0.05, 0) is 200 Å². The van der Waals surface area contributed by atoms with Crippen LogP contribution < -0.4 is 26.2 Å². The molecule has 114 heavy (non-hydrogen) atoms. The van der Waals surface area contributed by atoms with Crippen molar-refractivity contribution in [1.82, 2.24) is 9.55 Å². The van der Waals surface area contributed by atoms with Crippen molar-refractivity contribution in [2.75, 3.05) is 9.80 Å². The fraction of sp³-hybridized carbons (Fsp3) is 0.294. The third kappa shape index (κ3) is 14.0. The summed E-state index contributed by atoms with van der Waals surface area (Å²) in [5.74, 6) is 0. The van der Waals surface area contributed by atoms with Crippen molar-refractivity contribution < 1.29 is 11.0 Å². The molecule has 14 aromatic rings. The number of aromatic nitrogens is 2. The number of benzene rings is 12. The standard InChI is InChI=1S/C109H115BN4/c1-102(2,3)76-52-73(53-77(60-76)103(4,5)6)71-48-50-89-93(56-71)113(100-85(68-38-28-25-29-39-68)62-80(106(13,14)15)63-86(100)69-40-30-26-31-41-69)95-66-82(112-91-46-36-34-44-83(91)84-45-35-37-47-92(84)112)67-96-99(95)110(89)90-51-49-72(74-54-78(104(7,8)9)61-79(55-74)105(10,11)12)57-94(90)114(96)101-87(70-42-32-27-33-43-70)64-81(107(16,17)18)65-88(101)75-58-97(108(19,20)21)111-98(59-75)109(22,23)24/h25-67H,1-24H3/i34D,35D,36D,37D,44D,45D,46D,47D. The second kappa shape index (κ2) is 27.5. The van der Waals surface area contributed by atoms with Crippen molar-refractivity contribution in [3.63, 3.8) is 0 Å². The summed E-state index contributed by atoms with van der Waals surface area (Å²) in [6.45, 7) is 54.1. The van der Waals surface area contributed by atoms with E-state index in [0.717, 1.165) is 140 Å². The molecule has 0 aliphatic carbocycles. The van der Waals surface area contributed by atoms with Crippen molar-refractivity contribution in [2.45, 2.75) is 209 Å². The molecule has 574 valence electrons. The van der Waals surface area contributed by atoms with Crippen LogP contribution in [0.2, 0.25) is 0 Å². The molecular weight excluding hydrogens is 1380 g/mol. The lowest BCUT2D eigenvalue weighted by Gasteiger charge is -2.46. The van der Waals surface area contributed by atoms with E-state index in [4.69, 9.17) is 4.98 Å². The van der Waals surface area contributed by atoms with Crippen LogP contribution >= 0.6 is 0 Å². The molecule has 0 spiro atoms. The summed E-state index contributed by atoms with van der Waals surface area (Å²) in [5, 5.41) is -0.0203. The van der Waals surface area contributed by atoms with Crippen molar-refractivity contribution in [3.05, 3.63) is 305 Å². The summed E-state index contributed by atoms with van der Waals surface area (Å²) in [6, 6.07) is 75.7. The molecule has 0 amide bonds. The first-order valence-electron chi connectivity index (χ1n) is 44.9. The van der Waals surface area contributed by atoms with Crippen LogP contribution in [0.4, 0.5) is 34.1 Å². The highest BCUT2D eigenvalue weighted by Crippen LogP contribution is 2.57. The van der Waals surface area contributed by atoms with Gasteiger partial charge in [-0.3, -0.25) is 4.98 Å². The molecule has 0 radical (unpaired) electrons. The largest absolute Gasteiger partial charge is 0.310 e. The molecule has 0 N–H and O–H groups in total. The summed E-state index contributed by atoms with van der Waals surface area (Å²) in [7, 11) is 0. The minimum atomic E-state index is -0.549. The van der Waals surface area contributed by atoms with Crippen LogP contribution in [-0.2, 0) is 43.3 Å². The molecule has 12 aromatic carbocycles. The van der Waals surface area contributed by atoms with E-state index in [1.54, 1.807) is 4.57 Å². The van der Waals surface area contributed by atoms with Gasteiger partial charge in [-0.1, -0.05) is 354 Å². The smallest absolute Gasteiger partial charge is 0.252 e. The summed E-state index contributed by atoms with van der Waals surface area (Å²) in [5.41, 5.74) is 26.9. The number of pyridine rings is 1. The van der Waals surface area contributed by atoms with Crippen molar-refractivity contribution in [3.8, 4) is 72.4 Å². The number of hydrogen-bond acceptors (Lipinski definition) is 3. The highest BCUT2D eigenvalue weighted by Gasteiger charge is 2.47. The number of nitrogens with zero attached hydrogens (tertiary/aromatic N) is 4. The second-order valence-corrected chi connectivity index (χ2v) is 40.5. The average molecular weight is 1500 g/mol. The van der Waals surface area contributed by atoms with Gasteiger partial charge in [-0.25, -0.2) is 0 Å². The van der Waals surface area contributed by atoms with Crippen LogP contribution in [0.5, 0.6) is 0 Å². The Morgan fingerprint density at radius 2 is 0.579 bits per heavy atom. The number of para-hydroxylation sites is 2. The highest BCUT2D eigenvalue weighted by atomic mass is 15.2. The zero-order valence-electron chi connectivity index (χ0n) is 79.6. The summed E-state index contributed by atoms with van der Waals surface area (Å²) in [6.07, 6.45) is 0. The predicted molar refractivity (Wildman–Crippen MR) is 495 cm³/mol. The summed E-state index contributed by atoms with van der Waals surface area (Å²) >= 11 is 0. The van der Waals surface area contributed by atoms with Crippen molar-refractivity contribution in [1.29, 1.82) is 0 Å². The molecule has 5 heteroatoms. The Labute approximate surface area is 692 Å². The maximum Gasteiger partial charge on any atom is 0.252 e. The van der Waals surface area contributed by atoms with Gasteiger partial charge in [0.25, 0.3) is 6.71 Å². The van der Waals surface area contributed by atoms with E-state index in [-0.39, 0.29) is 61.0 Å². The Morgan fingerprint density at radius 1 is 0.272 bits per heavy atom. The normalized spacial score (nSPS) is 14.5. The van der Waals surface area contributed by atoms with Crippen LogP contribution in [0.3, 0.4) is 0 Å². The predicted octanol–water partition coefficient (Wildman–Crippen LogP) is 28.6. The van der Waals surface area contributed by atoms with Gasteiger partial charge in [0.05, 0.1) is 39.1 Å². The number of fused-ring (bicyclic) bond motifs is 7. The van der Waals surface area contributed by atoms with E-state index in [1.165, 1.54) is 22.3 Å². The zero-order valence-corrected chi connectivity index (χ0v) is 71.6. The average Bonchev–Trinajstić information content (AvgIpc) is 1.05. The topological polar surface area (TPSA) is 24.3 Å². The van der Waals surface area contributed by atoms with Crippen LogP contribution in [0.25, 0.3) is 94.3 Å². The van der Waals surface area contributed by atoms with Gasteiger partial charge in [0, 0.05) is 78.0 Å². The molecule has 0 saturated carbocycles. The van der Waals surface area contributed by atoms with E-state index in [1.807, 2.05) is 0 Å². The highest BCUT2D eigenvalue weighted by molar-refractivity contribution is 7.00. The quantitative estimate of drug-likeness (QED) is 0.135. The third-order valence-corrected chi connectivity index (χ3v) is 23.7. The van der Waals surface area contributed by atoms with Gasteiger partial charge < -0.3 is 14.4 Å². The number of hydrogen-bond donors (Lipinski definition) is 0. The Morgan fingerprint density at radius 3 is 0.895 bits per heavy atom. The first-order chi connectivity index (χ1) is 56.9. The third-order valence-electron chi connectivity index (χ3n) is 23.7. The van der Waals surface area contributed by atoms with Gasteiger partial charge in [-0.2, -0.15) is 0 Å². The van der Waals surface area contributed by atoms with Crippen LogP contribution in [0.15, 0.2) is 261 Å². The number of anilines is 6. The van der Waals surface area contributed by atoms with E-state index in [9.17, 15) is 11.0 Å². The molecule has 0 saturated heterocycles. The summed E-state index contributed by atoms with van der Waals surface area (Å²) < 4.78 is 81.0. The first-order valence-corrected chi connectivity index (χ1v) is 40.9. The van der Waals surface area contributed by atoms with Gasteiger partial charge >= 0.3 is 0 Å². The molecule has 2 aromatic heterocycles. The van der Waals surface area contributed by atoms with E-state index >= 15 is 0 Å². The monoisotopic (exact) mass is 1500 g/mol. The van der Waals surface area contributed by atoms with E-state index in [0.29, 0.717) is 5.69 Å². The van der Waals surface area contributed by atoms with Crippen LogP contribution in [-0.4, -0.2) is 16.3 Å². The maximum atomic E-state index is 10.4. The maximum absolute atomic E-state index is 10.4. The summed E-state index contributed by atoms with van der Waals surface area (Å²) in [4.78, 5) is 10.6. The second-order valence-electron chi connectivity index (χ2n) is 40.5. The van der Waals surface area contributed by atoms with Crippen LogP contribution in [0.1, 0.15) is 222 Å². The molecule has 4 heterocycles. The molecule has 0 bridgehead atoms. The fourth-order valence-electron chi connectivity index (χ4n) is 16.7. The van der Waals surface area contributed by atoms with E-state index < -0.39 is 59.2 Å². The van der Waals surface area contributed by atoms with E-state index in [2.05, 4.69) is 388 Å². The van der Waals surface area contributed by atoms with Crippen LogP contribution in [0, 0.1) is 0 Å². The zero-order chi connectivity index (χ0) is 88.0. The Hall–Kier alpha value is -10.7. The molecule has 0 atom stereocenters. The van der Waals surface area contributed by atoms with Gasteiger partial charge in [0.1, 0.15) is 0 Å². The molecule has 0 unspecified atom stereocenters. The minimum Gasteiger partial charge on any atom is -0.310 e. The molecular formula is C109H115BN4. The molecule has 2 aliphatic rings. The minimum absolute atomic E-state index is 0.0101. The lowest BCUT2D eigenvalue weighted by Crippen LogP contribution is -2.61. The van der Waals surface area contributed by atoms with Crippen molar-refractivity contribution in [2.24, 2.45) is 0 Å². The molecule has 16 rings (SSSR count).